The third kappa shape index (κ3) is 2.71. The normalized spacial score (nSPS) is 15.4. The van der Waals surface area contributed by atoms with Crippen LogP contribution in [-0.2, 0) is 6.54 Å². The number of hydrogen-bond acceptors (Lipinski definition) is 2. The zero-order chi connectivity index (χ0) is 17.3. The first kappa shape index (κ1) is 15.6. The van der Waals surface area contributed by atoms with Gasteiger partial charge in [-0.3, -0.25) is 4.40 Å². The van der Waals surface area contributed by atoms with E-state index in [0.29, 0.717) is 0 Å². The van der Waals surface area contributed by atoms with Crippen molar-refractivity contribution < 1.29 is 0 Å². The summed E-state index contributed by atoms with van der Waals surface area (Å²) >= 11 is 0. The van der Waals surface area contributed by atoms with Crippen LogP contribution in [0.3, 0.4) is 0 Å². The zero-order valence-corrected chi connectivity index (χ0v) is 15.0. The van der Waals surface area contributed by atoms with Crippen molar-refractivity contribution in [2.24, 2.45) is 0 Å². The van der Waals surface area contributed by atoms with Crippen molar-refractivity contribution in [2.75, 3.05) is 19.6 Å². The molecule has 1 saturated heterocycles. The van der Waals surface area contributed by atoms with Crippen molar-refractivity contribution >= 4 is 16.8 Å². The molecule has 1 aliphatic rings. The van der Waals surface area contributed by atoms with Crippen LogP contribution in [-0.4, -0.2) is 38.5 Å². The minimum atomic E-state index is 1.00. The number of benzene rings is 2. The molecule has 5 rings (SSSR count). The number of likely N-dealkylation sites (tertiary alicyclic amines) is 1. The first-order valence-corrected chi connectivity index (χ1v) is 9.64. The largest absolute Gasteiger partial charge is 0.310 e. The molecule has 1 aliphatic heterocycles. The lowest BCUT2D eigenvalue weighted by molar-refractivity contribution is 0.326. The maximum Gasteiger partial charge on any atom is 0.215 e. The molecule has 1 fully saturated rings. The summed E-state index contributed by atoms with van der Waals surface area (Å²) in [6, 6.07) is 19.1. The van der Waals surface area contributed by atoms with E-state index in [1.165, 1.54) is 49.2 Å². The lowest BCUT2D eigenvalue weighted by Crippen LogP contribution is -2.21. The molecule has 4 nitrogen and oxygen atoms in total. The van der Waals surface area contributed by atoms with E-state index in [9.17, 15) is 0 Å². The molecule has 2 aromatic heterocycles. The van der Waals surface area contributed by atoms with E-state index in [1.54, 1.807) is 0 Å². The number of rotatable bonds is 5. The van der Waals surface area contributed by atoms with Gasteiger partial charge in [0.05, 0.1) is 16.7 Å². The third-order valence-electron chi connectivity index (χ3n) is 5.49. The van der Waals surface area contributed by atoms with Crippen LogP contribution < -0.4 is 0 Å². The fourth-order valence-corrected chi connectivity index (χ4v) is 4.17. The number of hydrogen-bond donors (Lipinski definition) is 0. The predicted molar refractivity (Wildman–Crippen MR) is 106 cm³/mol. The maximum atomic E-state index is 4.92. The summed E-state index contributed by atoms with van der Waals surface area (Å²) in [5.74, 6) is 1.05. The lowest BCUT2D eigenvalue weighted by atomic mass is 10.1. The molecule has 0 bridgehead atoms. The molecular weight excluding hydrogens is 320 g/mol. The highest BCUT2D eigenvalue weighted by Crippen LogP contribution is 2.27. The van der Waals surface area contributed by atoms with Crippen LogP contribution in [0.1, 0.15) is 19.3 Å². The van der Waals surface area contributed by atoms with Gasteiger partial charge in [0, 0.05) is 12.7 Å². The second-order valence-corrected chi connectivity index (χ2v) is 7.20. The quantitative estimate of drug-likeness (QED) is 0.535. The summed E-state index contributed by atoms with van der Waals surface area (Å²) in [5.41, 5.74) is 4.75. The molecule has 0 spiro atoms. The van der Waals surface area contributed by atoms with E-state index >= 15 is 0 Å². The van der Waals surface area contributed by atoms with Crippen LogP contribution in [0.2, 0.25) is 0 Å². The van der Waals surface area contributed by atoms with Gasteiger partial charge in [-0.1, -0.05) is 42.5 Å². The fourth-order valence-electron chi connectivity index (χ4n) is 4.17. The zero-order valence-electron chi connectivity index (χ0n) is 15.0. The number of fused-ring (bicyclic) bond motifs is 3. The average molecular weight is 344 g/mol. The van der Waals surface area contributed by atoms with Crippen molar-refractivity contribution in [3.63, 3.8) is 0 Å². The van der Waals surface area contributed by atoms with Gasteiger partial charge in [0.1, 0.15) is 0 Å². The third-order valence-corrected chi connectivity index (χ3v) is 5.49. The van der Waals surface area contributed by atoms with Crippen LogP contribution in [0.4, 0.5) is 0 Å². The molecule has 0 unspecified atom stereocenters. The van der Waals surface area contributed by atoms with Gasteiger partial charge in [-0.2, -0.15) is 0 Å². The monoisotopic (exact) mass is 344 g/mol. The van der Waals surface area contributed by atoms with Crippen LogP contribution in [0, 0.1) is 0 Å². The van der Waals surface area contributed by atoms with Gasteiger partial charge in [-0.05, 0) is 56.6 Å². The molecule has 0 radical (unpaired) electrons. The van der Waals surface area contributed by atoms with Crippen molar-refractivity contribution in [3.8, 4) is 11.3 Å². The molecule has 0 amide bonds. The number of imidazole rings is 2. The Morgan fingerprint density at radius 1 is 0.846 bits per heavy atom. The van der Waals surface area contributed by atoms with Gasteiger partial charge >= 0.3 is 0 Å². The van der Waals surface area contributed by atoms with Crippen LogP contribution in [0.15, 0.2) is 60.8 Å². The molecule has 0 atom stereocenters. The molecule has 0 saturated carbocycles. The van der Waals surface area contributed by atoms with E-state index in [4.69, 9.17) is 4.98 Å². The first-order valence-electron chi connectivity index (χ1n) is 9.64. The highest BCUT2D eigenvalue weighted by molar-refractivity contribution is 5.81. The molecule has 2 aromatic carbocycles. The van der Waals surface area contributed by atoms with Crippen molar-refractivity contribution in [1.29, 1.82) is 0 Å². The number of aryl methyl sites for hydroxylation is 1. The molecule has 3 heterocycles. The van der Waals surface area contributed by atoms with Gasteiger partial charge in [0.2, 0.25) is 5.78 Å². The van der Waals surface area contributed by atoms with Crippen LogP contribution in [0.5, 0.6) is 0 Å². The van der Waals surface area contributed by atoms with Crippen molar-refractivity contribution in [3.05, 3.63) is 60.8 Å². The van der Waals surface area contributed by atoms with Gasteiger partial charge in [0.15, 0.2) is 0 Å². The van der Waals surface area contributed by atoms with E-state index < -0.39 is 0 Å². The summed E-state index contributed by atoms with van der Waals surface area (Å²) in [4.78, 5) is 7.51. The Morgan fingerprint density at radius 3 is 2.46 bits per heavy atom. The van der Waals surface area contributed by atoms with Crippen LogP contribution in [0.25, 0.3) is 28.1 Å². The number of para-hydroxylation sites is 2. The Bertz CT molecular complexity index is 1020. The Labute approximate surface area is 153 Å². The lowest BCUT2D eigenvalue weighted by Gasteiger charge is -2.15. The highest BCUT2D eigenvalue weighted by Gasteiger charge is 2.16. The fraction of sp³-hybridized carbons (Fsp3) is 0.318. The summed E-state index contributed by atoms with van der Waals surface area (Å²) in [5, 5.41) is 0. The predicted octanol–water partition coefficient (Wildman–Crippen LogP) is 4.44. The first-order chi connectivity index (χ1) is 12.9. The van der Waals surface area contributed by atoms with E-state index in [1.807, 2.05) is 0 Å². The summed E-state index contributed by atoms with van der Waals surface area (Å²) in [6.45, 7) is 4.71. The number of nitrogens with zero attached hydrogens (tertiary/aromatic N) is 4. The molecule has 0 N–H and O–H groups in total. The molecule has 0 aliphatic carbocycles. The highest BCUT2D eigenvalue weighted by atomic mass is 15.2. The van der Waals surface area contributed by atoms with Gasteiger partial charge in [0.25, 0.3) is 0 Å². The maximum absolute atomic E-state index is 4.92. The van der Waals surface area contributed by atoms with Crippen molar-refractivity contribution in [1.82, 2.24) is 18.9 Å². The van der Waals surface area contributed by atoms with Crippen LogP contribution >= 0.6 is 0 Å². The minimum absolute atomic E-state index is 1.00. The van der Waals surface area contributed by atoms with E-state index in [0.717, 1.165) is 24.3 Å². The van der Waals surface area contributed by atoms with Gasteiger partial charge in [-0.15, -0.1) is 0 Å². The Morgan fingerprint density at radius 2 is 1.62 bits per heavy atom. The minimum Gasteiger partial charge on any atom is -0.310 e. The van der Waals surface area contributed by atoms with E-state index in [2.05, 4.69) is 74.7 Å². The molecule has 26 heavy (non-hydrogen) atoms. The summed E-state index contributed by atoms with van der Waals surface area (Å²) < 4.78 is 4.64. The standard InChI is InChI=1S/C22H24N4/c1-2-9-18(10-3-1)21-17-26-20-12-5-4-11-19(20)23-22(26)25(21)16-8-15-24-13-6-7-14-24/h1-5,9-12,17H,6-8,13-16H2. The summed E-state index contributed by atoms with van der Waals surface area (Å²) in [7, 11) is 0. The van der Waals surface area contributed by atoms with Crippen molar-refractivity contribution in [2.45, 2.75) is 25.8 Å². The molecule has 4 heteroatoms. The van der Waals surface area contributed by atoms with E-state index in [-0.39, 0.29) is 0 Å². The topological polar surface area (TPSA) is 25.5 Å². The van der Waals surface area contributed by atoms with Gasteiger partial charge in [-0.25, -0.2) is 4.98 Å². The second kappa shape index (κ2) is 6.61. The summed E-state index contributed by atoms with van der Waals surface area (Å²) in [6.07, 6.45) is 6.12. The average Bonchev–Trinajstić information content (AvgIpc) is 3.39. The van der Waals surface area contributed by atoms with Gasteiger partial charge < -0.3 is 9.47 Å². The smallest absolute Gasteiger partial charge is 0.215 e. The number of aromatic nitrogens is 3. The molecule has 132 valence electrons. The second-order valence-electron chi connectivity index (χ2n) is 7.20. The molecule has 4 aromatic rings. The Balaban J connectivity index is 1.55. The Kier molecular flexibility index (Phi) is 3.98. The SMILES string of the molecule is c1ccc(-c2cn3c4ccccc4nc3n2CCCN2CCCC2)cc1. The Hall–Kier alpha value is -2.59. The molecular formula is C22H24N4.